The van der Waals surface area contributed by atoms with E-state index in [1.807, 2.05) is 32.0 Å². The van der Waals surface area contributed by atoms with Crippen LogP contribution in [-0.4, -0.2) is 51.7 Å². The first kappa shape index (κ1) is 24.3. The fourth-order valence-corrected chi connectivity index (χ4v) is 4.54. The molecule has 0 saturated carbocycles. The van der Waals surface area contributed by atoms with Gasteiger partial charge in [0, 0.05) is 12.6 Å². The number of anilines is 1. The summed E-state index contributed by atoms with van der Waals surface area (Å²) < 4.78 is 18.6. The van der Waals surface area contributed by atoms with Gasteiger partial charge >= 0.3 is 11.1 Å². The highest BCUT2D eigenvalue weighted by molar-refractivity contribution is 8.12. The Kier molecular flexibility index (Phi) is 8.33. The standard InChI is InChI=1S/C23H25ClN2O5S/c1-3-10-25-23-26(19-7-5-4-6-15(19)2)22(29)21(32(23)30)12-16-8-9-20(18(24)11-16)31-14-17(28)13-27/h4-9,11-12,17,27-28H,3,10,13-14H2,1-2H3/b21-12+,25-23-. The molecule has 3 rings (SSSR count). The Morgan fingerprint density at radius 3 is 2.72 bits per heavy atom. The Morgan fingerprint density at radius 1 is 1.31 bits per heavy atom. The normalized spacial score (nSPS) is 19.8. The lowest BCUT2D eigenvalue weighted by atomic mass is 10.1. The molecule has 0 aliphatic carbocycles. The highest BCUT2D eigenvalue weighted by atomic mass is 35.5. The number of halogens is 1. The summed E-state index contributed by atoms with van der Waals surface area (Å²) >= 11 is 4.52. The third-order valence-corrected chi connectivity index (χ3v) is 6.32. The number of hydrogen-bond acceptors (Lipinski definition) is 6. The van der Waals surface area contributed by atoms with E-state index in [0.717, 1.165) is 12.0 Å². The van der Waals surface area contributed by atoms with E-state index in [4.69, 9.17) is 21.4 Å². The predicted octanol–water partition coefficient (Wildman–Crippen LogP) is 3.28. The van der Waals surface area contributed by atoms with Crippen LogP contribution < -0.4 is 9.64 Å². The van der Waals surface area contributed by atoms with Crippen molar-refractivity contribution >= 4 is 45.6 Å². The molecule has 1 heterocycles. The number of amidine groups is 1. The molecule has 1 fully saturated rings. The molecule has 2 aromatic rings. The van der Waals surface area contributed by atoms with Crippen molar-refractivity contribution in [3.63, 3.8) is 0 Å². The van der Waals surface area contributed by atoms with Gasteiger partial charge in [-0.1, -0.05) is 42.8 Å². The molecule has 0 radical (unpaired) electrons. The van der Waals surface area contributed by atoms with Crippen LogP contribution in [0.2, 0.25) is 5.02 Å². The van der Waals surface area contributed by atoms with Gasteiger partial charge in [-0.2, -0.15) is 0 Å². The zero-order chi connectivity index (χ0) is 23.3. The molecule has 0 aromatic heterocycles. The van der Waals surface area contributed by atoms with Gasteiger partial charge in [0.1, 0.15) is 18.5 Å². The minimum absolute atomic E-state index is 0.109. The molecule has 2 atom stereocenters. The van der Waals surface area contributed by atoms with E-state index in [0.29, 0.717) is 23.5 Å². The van der Waals surface area contributed by atoms with Crippen LogP contribution in [0.4, 0.5) is 5.69 Å². The van der Waals surface area contributed by atoms with Gasteiger partial charge in [0.05, 0.1) is 28.5 Å². The fraction of sp³-hybridized carbons (Fsp3) is 0.304. The third kappa shape index (κ3) is 5.33. The summed E-state index contributed by atoms with van der Waals surface area (Å²) in [6.45, 7) is 3.78. The van der Waals surface area contributed by atoms with Crippen molar-refractivity contribution in [3.05, 3.63) is 63.5 Å². The number of aliphatic hydroxyl groups is 2. The van der Waals surface area contributed by atoms with Crippen molar-refractivity contribution in [2.45, 2.75) is 26.4 Å². The van der Waals surface area contributed by atoms with E-state index in [1.165, 1.54) is 11.0 Å². The Labute approximate surface area is 195 Å². The van der Waals surface area contributed by atoms with E-state index in [9.17, 15) is 14.5 Å². The molecule has 0 spiro atoms. The van der Waals surface area contributed by atoms with E-state index < -0.39 is 29.8 Å². The zero-order valence-corrected chi connectivity index (χ0v) is 19.4. The number of amides is 1. The number of aliphatic hydroxyl groups excluding tert-OH is 2. The number of benzene rings is 2. The van der Waals surface area contributed by atoms with E-state index in [-0.39, 0.29) is 21.7 Å². The Balaban J connectivity index is 1.94. The maximum absolute atomic E-state index is 13.3. The zero-order valence-electron chi connectivity index (χ0n) is 17.8. The molecule has 7 nitrogen and oxygen atoms in total. The van der Waals surface area contributed by atoms with Crippen LogP contribution in [0.1, 0.15) is 24.5 Å². The molecule has 170 valence electrons. The highest BCUT2D eigenvalue weighted by Gasteiger charge is 2.47. The summed E-state index contributed by atoms with van der Waals surface area (Å²) in [7, 11) is 0. The van der Waals surface area contributed by atoms with Crippen LogP contribution in [0.3, 0.4) is 0 Å². The van der Waals surface area contributed by atoms with Gasteiger partial charge < -0.3 is 19.5 Å². The number of rotatable bonds is 8. The number of aliphatic imine (C=N–C) groups is 1. The predicted molar refractivity (Wildman–Crippen MR) is 127 cm³/mol. The quantitative estimate of drug-likeness (QED) is 0.449. The average Bonchev–Trinajstić information content (AvgIpc) is 3.01. The van der Waals surface area contributed by atoms with Gasteiger partial charge in [-0.05, 0) is 42.7 Å². The molecular weight excluding hydrogens is 452 g/mol. The van der Waals surface area contributed by atoms with E-state index in [2.05, 4.69) is 4.99 Å². The second-order valence-electron chi connectivity index (χ2n) is 7.21. The lowest BCUT2D eigenvalue weighted by Gasteiger charge is -2.15. The summed E-state index contributed by atoms with van der Waals surface area (Å²) in [5.41, 5.74) is 2.09. The van der Waals surface area contributed by atoms with E-state index >= 15 is 0 Å². The maximum atomic E-state index is 13.3. The van der Waals surface area contributed by atoms with Crippen LogP contribution in [0.25, 0.3) is 6.08 Å². The smallest absolute Gasteiger partial charge is 0.332 e. The van der Waals surface area contributed by atoms with Crippen LogP contribution in [0.15, 0.2) is 52.4 Å². The average molecular weight is 477 g/mol. The molecule has 1 aliphatic heterocycles. The van der Waals surface area contributed by atoms with Gasteiger partial charge in [0.25, 0.3) is 0 Å². The number of ether oxygens (including phenoxy) is 1. The number of aryl methyl sites for hydroxylation is 1. The van der Waals surface area contributed by atoms with Crippen molar-refractivity contribution in [3.8, 4) is 5.75 Å². The first-order valence-corrected chi connectivity index (χ1v) is 11.7. The number of nitrogens with zero attached hydrogens (tertiary/aromatic N) is 2. The number of carbonyl (C=O) groups is 1. The van der Waals surface area contributed by atoms with Gasteiger partial charge in [0.15, 0.2) is 0 Å². The molecule has 1 aliphatic rings. The van der Waals surface area contributed by atoms with Gasteiger partial charge in [-0.3, -0.25) is 4.79 Å². The molecule has 32 heavy (non-hydrogen) atoms. The molecule has 2 N–H and O–H groups in total. The van der Waals surface area contributed by atoms with Gasteiger partial charge in [0.2, 0.25) is 4.91 Å². The molecule has 1 amide bonds. The summed E-state index contributed by atoms with van der Waals surface area (Å²) in [6, 6.07) is 12.2. The summed E-state index contributed by atoms with van der Waals surface area (Å²) in [6.07, 6.45) is 1.29. The third-order valence-electron chi connectivity index (χ3n) is 4.69. The van der Waals surface area contributed by atoms with Crippen molar-refractivity contribution in [2.24, 2.45) is 4.99 Å². The van der Waals surface area contributed by atoms with Crippen LogP contribution >= 0.6 is 11.6 Å². The topological polar surface area (TPSA) is 105 Å². The van der Waals surface area contributed by atoms with E-state index in [1.54, 1.807) is 24.3 Å². The largest absolute Gasteiger partial charge is 0.604 e. The summed E-state index contributed by atoms with van der Waals surface area (Å²) in [4.78, 5) is 19.3. The van der Waals surface area contributed by atoms with Crippen molar-refractivity contribution in [1.29, 1.82) is 0 Å². The summed E-state index contributed by atoms with van der Waals surface area (Å²) in [5, 5.41) is 18.8. The lowest BCUT2D eigenvalue weighted by Crippen LogP contribution is -2.31. The molecular formula is C23H25ClN2O5S. The number of carbonyl (C=O) groups excluding carboxylic acids is 1. The monoisotopic (exact) mass is 476 g/mol. The molecule has 1 saturated heterocycles. The molecule has 2 unspecified atom stereocenters. The Hall–Kier alpha value is -2.36. The van der Waals surface area contributed by atoms with Crippen molar-refractivity contribution in [1.82, 2.24) is 0 Å². The molecule has 9 heteroatoms. The van der Waals surface area contributed by atoms with Crippen LogP contribution in [0, 0.1) is 6.92 Å². The Morgan fingerprint density at radius 2 is 2.06 bits per heavy atom. The number of hydrogen-bond donors (Lipinski definition) is 2. The molecule has 2 aromatic carbocycles. The van der Waals surface area contributed by atoms with Crippen molar-refractivity contribution in [2.75, 3.05) is 24.7 Å². The Bertz CT molecular complexity index is 1040. The first-order valence-electron chi connectivity index (χ1n) is 10.2. The molecule has 0 bridgehead atoms. The number of para-hydroxylation sites is 1. The maximum Gasteiger partial charge on any atom is 0.332 e. The summed E-state index contributed by atoms with van der Waals surface area (Å²) in [5.74, 6) is -0.0677. The minimum atomic E-state index is -1.74. The SMILES string of the molecule is CCC/N=C1/N(c2ccccc2C)C(=O)/C(=C\c2ccc(OCC(O)CO)c(Cl)c2)[S+]1[O-]. The lowest BCUT2D eigenvalue weighted by molar-refractivity contribution is -0.113. The van der Waals surface area contributed by atoms with Gasteiger partial charge in [-0.15, -0.1) is 0 Å². The second-order valence-corrected chi connectivity index (χ2v) is 8.96. The van der Waals surface area contributed by atoms with Crippen LogP contribution in [-0.2, 0) is 16.0 Å². The van der Waals surface area contributed by atoms with Crippen LogP contribution in [0.5, 0.6) is 5.75 Å². The van der Waals surface area contributed by atoms with Crippen molar-refractivity contribution < 1.29 is 24.3 Å². The first-order chi connectivity index (χ1) is 15.4. The minimum Gasteiger partial charge on any atom is -0.604 e. The fourth-order valence-electron chi connectivity index (χ4n) is 3.05. The van der Waals surface area contributed by atoms with Gasteiger partial charge in [-0.25, -0.2) is 9.89 Å². The highest BCUT2D eigenvalue weighted by Crippen LogP contribution is 2.34. The second kappa shape index (κ2) is 11.0.